The van der Waals surface area contributed by atoms with Gasteiger partial charge in [0.1, 0.15) is 0 Å². The van der Waals surface area contributed by atoms with E-state index in [1.165, 1.54) is 0 Å². The number of H-pyrrole nitrogens is 1. The number of esters is 1. The highest BCUT2D eigenvalue weighted by Gasteiger charge is 2.21. The van der Waals surface area contributed by atoms with Crippen LogP contribution in [0.25, 0.3) is 22.2 Å². The fourth-order valence-electron chi connectivity index (χ4n) is 3.23. The fraction of sp³-hybridized carbons (Fsp3) is 0.0833. The van der Waals surface area contributed by atoms with E-state index < -0.39 is 5.97 Å². The van der Waals surface area contributed by atoms with Crippen LogP contribution in [-0.4, -0.2) is 23.3 Å². The van der Waals surface area contributed by atoms with Crippen LogP contribution in [0, 0.1) is 6.92 Å². The number of aromatic amines is 1. The van der Waals surface area contributed by atoms with E-state index in [2.05, 4.69) is 4.98 Å². The van der Waals surface area contributed by atoms with Crippen LogP contribution in [0.3, 0.4) is 0 Å². The van der Waals surface area contributed by atoms with Crippen molar-refractivity contribution < 1.29 is 14.3 Å². The molecule has 0 amide bonds. The number of ether oxygens (including phenoxy) is 1. The highest BCUT2D eigenvalue weighted by Crippen LogP contribution is 2.30. The average molecular weight is 369 g/mol. The summed E-state index contributed by atoms with van der Waals surface area (Å²) in [7, 11) is 0. The van der Waals surface area contributed by atoms with Gasteiger partial charge in [0.05, 0.1) is 16.8 Å². The molecule has 0 radical (unpaired) electrons. The van der Waals surface area contributed by atoms with Gasteiger partial charge in [-0.05, 0) is 30.7 Å². The minimum atomic E-state index is -0.505. The smallest absolute Gasteiger partial charge is 0.338 e. The number of ketones is 1. The molecule has 0 aliphatic rings. The van der Waals surface area contributed by atoms with Gasteiger partial charge in [0.2, 0.25) is 5.78 Å². The number of hydrogen-bond acceptors (Lipinski definition) is 3. The van der Waals surface area contributed by atoms with Crippen LogP contribution in [0.15, 0.2) is 78.9 Å². The molecule has 4 rings (SSSR count). The van der Waals surface area contributed by atoms with Crippen molar-refractivity contribution in [3.05, 3.63) is 95.6 Å². The number of nitrogens with one attached hydrogen (secondary N) is 1. The van der Waals surface area contributed by atoms with E-state index in [4.69, 9.17) is 4.74 Å². The summed E-state index contributed by atoms with van der Waals surface area (Å²) in [5, 5.41) is 0.817. The lowest BCUT2D eigenvalue weighted by atomic mass is 10.0. The summed E-state index contributed by atoms with van der Waals surface area (Å²) in [6, 6.07) is 24.4. The van der Waals surface area contributed by atoms with Crippen molar-refractivity contribution in [3.63, 3.8) is 0 Å². The van der Waals surface area contributed by atoms with E-state index >= 15 is 0 Å². The lowest BCUT2D eigenvalue weighted by molar-refractivity contribution is 0.0475. The zero-order valence-electron chi connectivity index (χ0n) is 15.4. The van der Waals surface area contributed by atoms with Gasteiger partial charge >= 0.3 is 5.97 Å². The second-order valence-electron chi connectivity index (χ2n) is 6.65. The molecule has 4 heteroatoms. The van der Waals surface area contributed by atoms with E-state index in [1.807, 2.05) is 73.7 Å². The number of benzene rings is 3. The highest BCUT2D eigenvalue weighted by molar-refractivity contribution is 6.14. The number of carbonyl (C=O) groups is 2. The quantitative estimate of drug-likeness (QED) is 0.389. The predicted molar refractivity (Wildman–Crippen MR) is 110 cm³/mol. The average Bonchev–Trinajstić information content (AvgIpc) is 3.12. The molecule has 0 unspecified atom stereocenters. The van der Waals surface area contributed by atoms with Crippen LogP contribution in [0.4, 0.5) is 0 Å². The molecule has 4 nitrogen and oxygen atoms in total. The molecule has 0 spiro atoms. The Bertz CT molecular complexity index is 1140. The van der Waals surface area contributed by atoms with Crippen molar-refractivity contribution in [1.82, 2.24) is 4.98 Å². The van der Waals surface area contributed by atoms with Crippen molar-refractivity contribution in [2.75, 3.05) is 6.61 Å². The maximum atomic E-state index is 13.0. The first-order valence-electron chi connectivity index (χ1n) is 9.06. The Morgan fingerprint density at radius 1 is 0.857 bits per heavy atom. The predicted octanol–water partition coefficient (Wildman–Crippen LogP) is 5.18. The molecule has 0 atom stereocenters. The normalized spacial score (nSPS) is 10.8. The van der Waals surface area contributed by atoms with Gasteiger partial charge in [-0.3, -0.25) is 4.79 Å². The topological polar surface area (TPSA) is 59.2 Å². The number of para-hydroxylation sites is 1. The molecular weight excluding hydrogens is 350 g/mol. The zero-order valence-corrected chi connectivity index (χ0v) is 15.4. The maximum Gasteiger partial charge on any atom is 0.338 e. The van der Waals surface area contributed by atoms with Gasteiger partial charge in [-0.25, -0.2) is 4.79 Å². The Kier molecular flexibility index (Phi) is 4.77. The number of carbonyl (C=O) groups excluding carboxylic acids is 2. The number of hydrogen-bond donors (Lipinski definition) is 1. The first kappa shape index (κ1) is 17.7. The minimum Gasteiger partial charge on any atom is -0.454 e. The van der Waals surface area contributed by atoms with E-state index in [1.54, 1.807) is 12.1 Å². The molecule has 0 aliphatic carbocycles. The number of fused-ring (bicyclic) bond motifs is 1. The molecule has 1 N–H and O–H groups in total. The van der Waals surface area contributed by atoms with Crippen LogP contribution < -0.4 is 0 Å². The highest BCUT2D eigenvalue weighted by atomic mass is 16.5. The third kappa shape index (κ3) is 3.45. The Labute approximate surface area is 162 Å². The van der Waals surface area contributed by atoms with Crippen molar-refractivity contribution >= 4 is 22.7 Å². The summed E-state index contributed by atoms with van der Waals surface area (Å²) in [5.74, 6) is -0.744. The number of aromatic nitrogens is 1. The van der Waals surface area contributed by atoms with Gasteiger partial charge in [0.15, 0.2) is 6.61 Å². The summed E-state index contributed by atoms with van der Waals surface area (Å²) in [5.41, 5.74) is 4.54. The second-order valence-corrected chi connectivity index (χ2v) is 6.65. The van der Waals surface area contributed by atoms with Crippen LogP contribution in [0.2, 0.25) is 0 Å². The van der Waals surface area contributed by atoms with Crippen LogP contribution in [-0.2, 0) is 4.74 Å². The summed E-state index contributed by atoms with van der Waals surface area (Å²) in [6.07, 6.45) is 0. The van der Waals surface area contributed by atoms with Crippen molar-refractivity contribution in [1.29, 1.82) is 0 Å². The number of aryl methyl sites for hydroxylation is 1. The van der Waals surface area contributed by atoms with Gasteiger partial charge < -0.3 is 9.72 Å². The first-order valence-corrected chi connectivity index (χ1v) is 9.06. The molecule has 0 aliphatic heterocycles. The summed E-state index contributed by atoms with van der Waals surface area (Å²) in [4.78, 5) is 28.6. The molecule has 138 valence electrons. The van der Waals surface area contributed by atoms with E-state index in [0.29, 0.717) is 11.1 Å². The largest absolute Gasteiger partial charge is 0.454 e. The SMILES string of the molecule is Cc1ccc(C(=O)OCC(=O)c2c(-c3ccccc3)[nH]c3ccccc23)cc1. The van der Waals surface area contributed by atoms with Crippen LogP contribution in [0.5, 0.6) is 0 Å². The molecule has 0 saturated carbocycles. The second kappa shape index (κ2) is 7.53. The third-order valence-corrected chi connectivity index (χ3v) is 4.67. The standard InChI is InChI=1S/C24H19NO3/c1-16-11-13-18(14-12-16)24(27)28-15-21(26)22-19-9-5-6-10-20(19)25-23(22)17-7-3-2-4-8-17/h2-14,25H,15H2,1H3. The molecule has 0 bridgehead atoms. The maximum absolute atomic E-state index is 13.0. The van der Waals surface area contributed by atoms with Crippen LogP contribution in [0.1, 0.15) is 26.3 Å². The van der Waals surface area contributed by atoms with E-state index in [-0.39, 0.29) is 12.4 Å². The third-order valence-electron chi connectivity index (χ3n) is 4.67. The molecule has 0 saturated heterocycles. The van der Waals surface area contributed by atoms with Crippen LogP contribution >= 0.6 is 0 Å². The molecule has 28 heavy (non-hydrogen) atoms. The molecule has 4 aromatic rings. The van der Waals surface area contributed by atoms with Gasteiger partial charge in [-0.15, -0.1) is 0 Å². The van der Waals surface area contributed by atoms with Gasteiger partial charge in [-0.1, -0.05) is 66.2 Å². The Hall–Kier alpha value is -3.66. The molecule has 1 heterocycles. The van der Waals surface area contributed by atoms with Crippen molar-refractivity contribution in [3.8, 4) is 11.3 Å². The monoisotopic (exact) mass is 369 g/mol. The first-order chi connectivity index (χ1) is 13.6. The summed E-state index contributed by atoms with van der Waals surface area (Å²) >= 11 is 0. The van der Waals surface area contributed by atoms with Gasteiger partial charge in [0.25, 0.3) is 0 Å². The summed E-state index contributed by atoms with van der Waals surface area (Å²) < 4.78 is 5.29. The summed E-state index contributed by atoms with van der Waals surface area (Å²) in [6.45, 7) is 1.63. The van der Waals surface area contributed by atoms with Gasteiger partial charge in [-0.2, -0.15) is 0 Å². The van der Waals surface area contributed by atoms with E-state index in [0.717, 1.165) is 27.7 Å². The fourth-order valence-corrected chi connectivity index (χ4v) is 3.23. The molecule has 0 fully saturated rings. The lowest BCUT2D eigenvalue weighted by Gasteiger charge is -2.07. The Balaban J connectivity index is 1.63. The zero-order chi connectivity index (χ0) is 19.5. The number of Topliss-reactive ketones (excluding diaryl/α,β-unsaturated/α-hetero) is 1. The minimum absolute atomic E-state index is 0.239. The molecule has 1 aromatic heterocycles. The van der Waals surface area contributed by atoms with Crippen molar-refractivity contribution in [2.45, 2.75) is 6.92 Å². The Morgan fingerprint density at radius 3 is 2.29 bits per heavy atom. The van der Waals surface area contributed by atoms with Crippen molar-refractivity contribution in [2.24, 2.45) is 0 Å². The molecule has 3 aromatic carbocycles. The molecular formula is C24H19NO3. The van der Waals surface area contributed by atoms with Gasteiger partial charge in [0, 0.05) is 10.9 Å². The lowest BCUT2D eigenvalue weighted by Crippen LogP contribution is -2.14. The number of rotatable bonds is 5. The Morgan fingerprint density at radius 2 is 1.54 bits per heavy atom. The van der Waals surface area contributed by atoms with E-state index in [9.17, 15) is 9.59 Å².